The maximum atomic E-state index is 14.8. The normalized spacial score (nSPS) is 15.5. The number of hydrogen-bond acceptors (Lipinski definition) is 5. The molecule has 0 spiro atoms. The minimum absolute atomic E-state index is 0.194. The van der Waals surface area contributed by atoms with Crippen LogP contribution in [0.1, 0.15) is 24.6 Å². The van der Waals surface area contributed by atoms with Gasteiger partial charge in [-0.15, -0.1) is 10.2 Å². The quantitative estimate of drug-likeness (QED) is 0.578. The second-order valence-electron chi connectivity index (χ2n) is 7.22. The summed E-state index contributed by atoms with van der Waals surface area (Å²) >= 11 is 0. The Hall–Kier alpha value is -3.00. The predicted molar refractivity (Wildman–Crippen MR) is 102 cm³/mol. The van der Waals surface area contributed by atoms with Crippen molar-refractivity contribution in [2.45, 2.75) is 18.8 Å². The molecule has 0 bridgehead atoms. The number of aryl methyl sites for hydroxylation is 1. The van der Waals surface area contributed by atoms with Crippen molar-refractivity contribution in [1.82, 2.24) is 30.3 Å². The molecule has 0 unspecified atom stereocenters. The summed E-state index contributed by atoms with van der Waals surface area (Å²) in [5, 5.41) is 16.5. The number of nitrogens with zero attached hydrogens (tertiary/aromatic N) is 5. The van der Waals surface area contributed by atoms with E-state index in [9.17, 15) is 8.78 Å². The number of aromatic nitrogens is 5. The molecule has 0 saturated carbocycles. The zero-order chi connectivity index (χ0) is 19.3. The van der Waals surface area contributed by atoms with Gasteiger partial charge in [0.25, 0.3) is 0 Å². The summed E-state index contributed by atoms with van der Waals surface area (Å²) in [6.07, 6.45) is 3.56. The molecule has 4 aromatic rings. The van der Waals surface area contributed by atoms with Crippen LogP contribution in [0.15, 0.2) is 30.5 Å². The molecular weight excluding hydrogens is 362 g/mol. The van der Waals surface area contributed by atoms with Crippen molar-refractivity contribution in [3.05, 3.63) is 47.9 Å². The van der Waals surface area contributed by atoms with Gasteiger partial charge in [-0.1, -0.05) is 0 Å². The highest BCUT2D eigenvalue weighted by atomic mass is 19.1. The van der Waals surface area contributed by atoms with Crippen LogP contribution in [0.4, 0.5) is 8.78 Å². The second-order valence-corrected chi connectivity index (χ2v) is 7.22. The predicted octanol–water partition coefficient (Wildman–Crippen LogP) is 3.32. The fourth-order valence-electron chi connectivity index (χ4n) is 3.81. The lowest BCUT2D eigenvalue weighted by Crippen LogP contribution is -2.27. The number of rotatable bonds is 2. The summed E-state index contributed by atoms with van der Waals surface area (Å²) in [4.78, 5) is 4.44. The monoisotopic (exact) mass is 380 g/mol. The Morgan fingerprint density at radius 1 is 0.964 bits per heavy atom. The zero-order valence-electron chi connectivity index (χ0n) is 15.3. The topological polar surface area (TPSA) is 68.5 Å². The summed E-state index contributed by atoms with van der Waals surface area (Å²) in [6, 6.07) is 6.22. The SMILES string of the molecule is Cn1cc2cc(-c3cc(F)c4nc(C5CCNCC5)nnc4c3)cc(F)c2n1. The Balaban J connectivity index is 1.59. The summed E-state index contributed by atoms with van der Waals surface area (Å²) in [7, 11) is 1.73. The maximum Gasteiger partial charge on any atom is 0.154 e. The number of piperidine rings is 1. The van der Waals surface area contributed by atoms with Crippen molar-refractivity contribution >= 4 is 21.9 Å². The van der Waals surface area contributed by atoms with Crippen LogP contribution in [0.2, 0.25) is 0 Å². The lowest BCUT2D eigenvalue weighted by molar-refractivity contribution is 0.442. The highest BCUT2D eigenvalue weighted by Crippen LogP contribution is 2.30. The van der Waals surface area contributed by atoms with E-state index in [4.69, 9.17) is 0 Å². The van der Waals surface area contributed by atoms with Gasteiger partial charge in [-0.2, -0.15) is 5.10 Å². The smallest absolute Gasteiger partial charge is 0.154 e. The number of hydrogen-bond donors (Lipinski definition) is 1. The Bertz CT molecular complexity index is 1200. The molecule has 5 rings (SSSR count). The van der Waals surface area contributed by atoms with Crippen molar-refractivity contribution in [3.63, 3.8) is 0 Å². The average Bonchev–Trinajstić information content (AvgIpc) is 3.09. The van der Waals surface area contributed by atoms with Crippen molar-refractivity contribution < 1.29 is 8.78 Å². The van der Waals surface area contributed by atoms with Gasteiger partial charge in [0.1, 0.15) is 16.6 Å². The molecule has 0 aliphatic carbocycles. The molecule has 6 nitrogen and oxygen atoms in total. The summed E-state index contributed by atoms with van der Waals surface area (Å²) < 4.78 is 30.8. The van der Waals surface area contributed by atoms with E-state index in [0.717, 1.165) is 25.9 Å². The molecule has 8 heteroatoms. The van der Waals surface area contributed by atoms with E-state index in [1.807, 2.05) is 0 Å². The molecule has 1 aliphatic heterocycles. The molecule has 1 aliphatic rings. The molecule has 0 amide bonds. The first kappa shape index (κ1) is 17.1. The van der Waals surface area contributed by atoms with Gasteiger partial charge in [0.15, 0.2) is 17.5 Å². The first-order valence-electron chi connectivity index (χ1n) is 9.26. The van der Waals surface area contributed by atoms with E-state index >= 15 is 0 Å². The van der Waals surface area contributed by atoms with E-state index < -0.39 is 11.6 Å². The molecule has 2 aromatic carbocycles. The van der Waals surface area contributed by atoms with Crippen molar-refractivity contribution in [1.29, 1.82) is 0 Å². The largest absolute Gasteiger partial charge is 0.317 e. The molecule has 3 heterocycles. The molecule has 1 saturated heterocycles. The third-order valence-corrected chi connectivity index (χ3v) is 5.24. The Morgan fingerprint density at radius 2 is 1.68 bits per heavy atom. The van der Waals surface area contributed by atoms with Gasteiger partial charge in [-0.25, -0.2) is 13.8 Å². The van der Waals surface area contributed by atoms with Crippen molar-refractivity contribution in [2.24, 2.45) is 7.05 Å². The standard InChI is InChI=1S/C20H18F2N6/c1-28-10-14-6-12(7-15(21)18(14)27-28)13-8-16(22)19-17(9-13)25-26-20(24-19)11-2-4-23-5-3-11/h6-11,23H,2-5H2,1H3. The fraction of sp³-hybridized carbons (Fsp3) is 0.300. The molecular formula is C20H18F2N6. The van der Waals surface area contributed by atoms with Crippen LogP contribution in [0.5, 0.6) is 0 Å². The third kappa shape index (κ3) is 2.90. The number of halogens is 2. The Labute approximate surface area is 159 Å². The van der Waals surface area contributed by atoms with Crippen LogP contribution < -0.4 is 5.32 Å². The van der Waals surface area contributed by atoms with E-state index in [1.165, 1.54) is 12.1 Å². The van der Waals surface area contributed by atoms with Gasteiger partial charge in [-0.05, 0) is 61.3 Å². The second kappa shape index (κ2) is 6.56. The van der Waals surface area contributed by atoms with Gasteiger partial charge >= 0.3 is 0 Å². The fourth-order valence-corrected chi connectivity index (χ4v) is 3.81. The molecule has 2 aromatic heterocycles. The first-order chi connectivity index (χ1) is 13.6. The maximum absolute atomic E-state index is 14.8. The van der Waals surface area contributed by atoms with Gasteiger partial charge < -0.3 is 5.32 Å². The van der Waals surface area contributed by atoms with Crippen LogP contribution in [0.3, 0.4) is 0 Å². The van der Waals surface area contributed by atoms with Crippen molar-refractivity contribution in [2.75, 3.05) is 13.1 Å². The van der Waals surface area contributed by atoms with Gasteiger partial charge in [0.05, 0.1) is 0 Å². The van der Waals surface area contributed by atoms with E-state index in [0.29, 0.717) is 33.4 Å². The minimum Gasteiger partial charge on any atom is -0.317 e. The minimum atomic E-state index is -0.482. The van der Waals surface area contributed by atoms with Crippen LogP contribution in [-0.4, -0.2) is 38.1 Å². The lowest BCUT2D eigenvalue weighted by Gasteiger charge is -2.20. The highest BCUT2D eigenvalue weighted by molar-refractivity contribution is 5.87. The first-order valence-corrected chi connectivity index (χ1v) is 9.26. The average molecular weight is 380 g/mol. The van der Waals surface area contributed by atoms with Gasteiger partial charge in [-0.3, -0.25) is 4.68 Å². The zero-order valence-corrected chi connectivity index (χ0v) is 15.3. The highest BCUT2D eigenvalue weighted by Gasteiger charge is 2.20. The van der Waals surface area contributed by atoms with Gasteiger partial charge in [0.2, 0.25) is 0 Å². The summed E-state index contributed by atoms with van der Waals surface area (Å²) in [5.74, 6) is -0.147. The summed E-state index contributed by atoms with van der Waals surface area (Å²) in [6.45, 7) is 1.80. The molecule has 1 fully saturated rings. The summed E-state index contributed by atoms with van der Waals surface area (Å²) in [5.41, 5.74) is 1.94. The molecule has 28 heavy (non-hydrogen) atoms. The Morgan fingerprint density at radius 3 is 2.46 bits per heavy atom. The van der Waals surface area contributed by atoms with E-state index in [2.05, 4.69) is 25.6 Å². The third-order valence-electron chi connectivity index (χ3n) is 5.24. The van der Waals surface area contributed by atoms with Gasteiger partial charge in [0, 0.05) is 24.5 Å². The molecule has 0 atom stereocenters. The number of fused-ring (bicyclic) bond motifs is 2. The molecule has 0 radical (unpaired) electrons. The van der Waals surface area contributed by atoms with E-state index in [-0.39, 0.29) is 11.4 Å². The number of nitrogens with one attached hydrogen (secondary N) is 1. The van der Waals surface area contributed by atoms with Crippen LogP contribution in [-0.2, 0) is 7.05 Å². The lowest BCUT2D eigenvalue weighted by atomic mass is 9.97. The van der Waals surface area contributed by atoms with Crippen LogP contribution in [0, 0.1) is 11.6 Å². The molecule has 142 valence electrons. The van der Waals surface area contributed by atoms with E-state index in [1.54, 1.807) is 30.1 Å². The number of benzene rings is 2. The molecule has 1 N–H and O–H groups in total. The van der Waals surface area contributed by atoms with Crippen LogP contribution >= 0.6 is 0 Å². The Kier molecular flexibility index (Phi) is 4.01. The van der Waals surface area contributed by atoms with Crippen molar-refractivity contribution in [3.8, 4) is 11.1 Å². The van der Waals surface area contributed by atoms with Crippen LogP contribution in [0.25, 0.3) is 33.1 Å².